The van der Waals surface area contributed by atoms with Crippen LogP contribution in [0.2, 0.25) is 0 Å². The van der Waals surface area contributed by atoms with E-state index in [0.29, 0.717) is 11.0 Å². The largest absolute Gasteiger partial charge is 0.431 e. The standard InChI is InChI=1S/C13H8F3N/c14-13(15,16)12-8-7-10-6-5-9-3-1-2-4-11(9)17(10)12/h1-8H. The van der Waals surface area contributed by atoms with Crippen LogP contribution in [-0.4, -0.2) is 4.40 Å². The minimum Gasteiger partial charge on any atom is -0.305 e. The highest BCUT2D eigenvalue weighted by molar-refractivity contribution is 5.83. The van der Waals surface area contributed by atoms with Gasteiger partial charge in [0.15, 0.2) is 0 Å². The lowest BCUT2D eigenvalue weighted by Crippen LogP contribution is -2.09. The van der Waals surface area contributed by atoms with Crippen molar-refractivity contribution in [3.63, 3.8) is 0 Å². The second kappa shape index (κ2) is 3.26. The number of benzene rings is 1. The predicted octanol–water partition coefficient (Wildman–Crippen LogP) is 4.11. The van der Waals surface area contributed by atoms with E-state index < -0.39 is 11.9 Å². The fraction of sp³-hybridized carbons (Fsp3) is 0.0769. The minimum absolute atomic E-state index is 0.552. The number of hydrogen-bond donors (Lipinski definition) is 0. The lowest BCUT2D eigenvalue weighted by molar-refractivity contribution is -0.141. The van der Waals surface area contributed by atoms with Gasteiger partial charge in [-0.15, -0.1) is 0 Å². The zero-order valence-corrected chi connectivity index (χ0v) is 8.70. The number of hydrogen-bond acceptors (Lipinski definition) is 0. The lowest BCUT2D eigenvalue weighted by atomic mass is 10.2. The van der Waals surface area contributed by atoms with Crippen molar-refractivity contribution in [2.45, 2.75) is 6.18 Å². The quantitative estimate of drug-likeness (QED) is 0.552. The summed E-state index contributed by atoms with van der Waals surface area (Å²) in [4.78, 5) is 0. The number of pyridine rings is 1. The van der Waals surface area contributed by atoms with Gasteiger partial charge in [-0.05, 0) is 29.7 Å². The molecule has 0 spiro atoms. The van der Waals surface area contributed by atoms with E-state index in [9.17, 15) is 13.2 Å². The molecule has 0 aliphatic carbocycles. The number of fused-ring (bicyclic) bond motifs is 3. The van der Waals surface area contributed by atoms with Crippen molar-refractivity contribution in [2.24, 2.45) is 0 Å². The molecule has 0 saturated heterocycles. The molecule has 0 amide bonds. The van der Waals surface area contributed by atoms with Crippen LogP contribution in [0.5, 0.6) is 0 Å². The summed E-state index contributed by atoms with van der Waals surface area (Å²) in [6, 6.07) is 13.2. The summed E-state index contributed by atoms with van der Waals surface area (Å²) in [5.41, 5.74) is 0.489. The molecule has 4 heteroatoms. The minimum atomic E-state index is -4.34. The van der Waals surface area contributed by atoms with E-state index in [-0.39, 0.29) is 0 Å². The summed E-state index contributed by atoms with van der Waals surface area (Å²) in [7, 11) is 0. The second-order valence-electron chi connectivity index (χ2n) is 3.87. The number of rotatable bonds is 0. The summed E-state index contributed by atoms with van der Waals surface area (Å²) >= 11 is 0. The maximum absolute atomic E-state index is 12.9. The van der Waals surface area contributed by atoms with Gasteiger partial charge in [-0.3, -0.25) is 0 Å². The van der Waals surface area contributed by atoms with Crippen LogP contribution < -0.4 is 0 Å². The molecule has 0 atom stereocenters. The van der Waals surface area contributed by atoms with E-state index in [2.05, 4.69) is 0 Å². The maximum Gasteiger partial charge on any atom is 0.431 e. The van der Waals surface area contributed by atoms with Gasteiger partial charge >= 0.3 is 6.18 Å². The Balaban J connectivity index is 2.51. The summed E-state index contributed by atoms with van der Waals surface area (Å²) in [6.45, 7) is 0. The Kier molecular flexibility index (Phi) is 1.96. The maximum atomic E-state index is 12.9. The average molecular weight is 235 g/mol. The van der Waals surface area contributed by atoms with E-state index >= 15 is 0 Å². The fourth-order valence-electron chi connectivity index (χ4n) is 2.08. The lowest BCUT2D eigenvalue weighted by Gasteiger charge is -2.09. The molecule has 0 fully saturated rings. The van der Waals surface area contributed by atoms with Crippen molar-refractivity contribution < 1.29 is 13.2 Å². The average Bonchev–Trinajstić information content (AvgIpc) is 2.72. The fourth-order valence-corrected chi connectivity index (χ4v) is 2.08. The third kappa shape index (κ3) is 1.48. The van der Waals surface area contributed by atoms with Crippen LogP contribution in [0.3, 0.4) is 0 Å². The van der Waals surface area contributed by atoms with Gasteiger partial charge in [-0.1, -0.05) is 24.3 Å². The highest BCUT2D eigenvalue weighted by Gasteiger charge is 2.33. The van der Waals surface area contributed by atoms with E-state index in [0.717, 1.165) is 11.5 Å². The van der Waals surface area contributed by atoms with E-state index in [1.807, 2.05) is 12.1 Å². The van der Waals surface area contributed by atoms with Gasteiger partial charge in [0.2, 0.25) is 0 Å². The Morgan fingerprint density at radius 2 is 1.53 bits per heavy atom. The molecular formula is C13H8F3N. The molecule has 2 heterocycles. The summed E-state index contributed by atoms with van der Waals surface area (Å²) < 4.78 is 39.8. The zero-order chi connectivity index (χ0) is 12.0. The molecule has 3 rings (SSSR count). The molecule has 0 N–H and O–H groups in total. The molecule has 0 unspecified atom stereocenters. The van der Waals surface area contributed by atoms with Crippen molar-refractivity contribution in [3.05, 3.63) is 54.2 Å². The Hall–Kier alpha value is -1.97. The summed E-state index contributed by atoms with van der Waals surface area (Å²) in [6.07, 6.45) is -4.34. The number of alkyl halides is 3. The number of para-hydroxylation sites is 1. The first kappa shape index (κ1) is 10.2. The van der Waals surface area contributed by atoms with Crippen LogP contribution >= 0.6 is 0 Å². The highest BCUT2D eigenvalue weighted by Crippen LogP contribution is 2.32. The Labute approximate surface area is 95.1 Å². The van der Waals surface area contributed by atoms with Crippen molar-refractivity contribution in [3.8, 4) is 0 Å². The van der Waals surface area contributed by atoms with Crippen molar-refractivity contribution in [1.82, 2.24) is 4.40 Å². The Bertz CT molecular complexity index is 695. The first-order chi connectivity index (χ1) is 8.07. The zero-order valence-electron chi connectivity index (χ0n) is 8.70. The van der Waals surface area contributed by atoms with Gasteiger partial charge in [-0.25, -0.2) is 0 Å². The monoisotopic (exact) mass is 235 g/mol. The van der Waals surface area contributed by atoms with Gasteiger partial charge in [0.25, 0.3) is 0 Å². The molecule has 86 valence electrons. The van der Waals surface area contributed by atoms with Crippen LogP contribution in [-0.2, 0) is 6.18 Å². The van der Waals surface area contributed by atoms with E-state index in [1.54, 1.807) is 24.3 Å². The molecule has 3 aromatic rings. The van der Waals surface area contributed by atoms with Gasteiger partial charge in [0.1, 0.15) is 5.69 Å². The molecule has 2 aromatic heterocycles. The number of nitrogens with zero attached hydrogens (tertiary/aromatic N) is 1. The number of aromatic nitrogens is 1. The van der Waals surface area contributed by atoms with Crippen molar-refractivity contribution >= 4 is 16.4 Å². The molecule has 1 nitrogen and oxygen atoms in total. The number of halogens is 3. The van der Waals surface area contributed by atoms with E-state index in [4.69, 9.17) is 0 Å². The molecule has 0 bridgehead atoms. The molecule has 1 aromatic carbocycles. The Morgan fingerprint density at radius 1 is 0.824 bits per heavy atom. The topological polar surface area (TPSA) is 4.41 Å². The van der Waals surface area contributed by atoms with Gasteiger partial charge in [-0.2, -0.15) is 13.2 Å². The highest BCUT2D eigenvalue weighted by atomic mass is 19.4. The van der Waals surface area contributed by atoms with Gasteiger partial charge in [0.05, 0.1) is 5.52 Å². The molecule has 0 aliphatic heterocycles. The van der Waals surface area contributed by atoms with Gasteiger partial charge in [0, 0.05) is 5.52 Å². The SMILES string of the molecule is FC(F)(F)c1ccc2ccc3ccccc3n12. The normalized spacial score (nSPS) is 12.4. The first-order valence-electron chi connectivity index (χ1n) is 5.14. The van der Waals surface area contributed by atoms with Crippen LogP contribution in [0.15, 0.2) is 48.5 Å². The first-order valence-corrected chi connectivity index (χ1v) is 5.14. The summed E-state index contributed by atoms with van der Waals surface area (Å²) in [5.74, 6) is 0. The van der Waals surface area contributed by atoms with Crippen LogP contribution in [0.4, 0.5) is 13.2 Å². The Morgan fingerprint density at radius 3 is 2.29 bits per heavy atom. The molecule has 0 saturated carbocycles. The van der Waals surface area contributed by atoms with Crippen molar-refractivity contribution in [2.75, 3.05) is 0 Å². The van der Waals surface area contributed by atoms with Crippen molar-refractivity contribution in [1.29, 1.82) is 0 Å². The van der Waals surface area contributed by atoms with Crippen LogP contribution in [0.1, 0.15) is 5.69 Å². The molecule has 17 heavy (non-hydrogen) atoms. The third-order valence-electron chi connectivity index (χ3n) is 2.81. The van der Waals surface area contributed by atoms with Crippen LogP contribution in [0.25, 0.3) is 16.4 Å². The molecule has 0 aliphatic rings. The summed E-state index contributed by atoms with van der Waals surface area (Å²) in [5, 5.41) is 0.793. The smallest absolute Gasteiger partial charge is 0.305 e. The van der Waals surface area contributed by atoms with E-state index in [1.165, 1.54) is 10.5 Å². The molecular weight excluding hydrogens is 227 g/mol. The van der Waals surface area contributed by atoms with Crippen LogP contribution in [0, 0.1) is 0 Å². The predicted molar refractivity (Wildman–Crippen MR) is 59.9 cm³/mol. The third-order valence-corrected chi connectivity index (χ3v) is 2.81. The van der Waals surface area contributed by atoms with Gasteiger partial charge < -0.3 is 4.40 Å². The molecule has 0 radical (unpaired) electrons. The second-order valence-corrected chi connectivity index (χ2v) is 3.87.